The van der Waals surface area contributed by atoms with E-state index < -0.39 is 0 Å². The number of allylic oxidation sites excluding steroid dienone is 2. The molecule has 22 heavy (non-hydrogen) atoms. The minimum atomic E-state index is -0.0756. The molecule has 0 aliphatic rings. The Kier molecular flexibility index (Phi) is 5.55. The van der Waals surface area contributed by atoms with Crippen molar-refractivity contribution in [1.29, 1.82) is 0 Å². The summed E-state index contributed by atoms with van der Waals surface area (Å²) >= 11 is 0. The maximum Gasteiger partial charge on any atom is 0.141 e. The zero-order valence-corrected chi connectivity index (χ0v) is 12.1. The fourth-order valence-electron chi connectivity index (χ4n) is 2.24. The van der Waals surface area contributed by atoms with Crippen LogP contribution in [0.2, 0.25) is 0 Å². The molecule has 112 valence electrons. The highest BCUT2D eigenvalue weighted by Gasteiger charge is 2.12. The lowest BCUT2D eigenvalue weighted by Crippen LogP contribution is -2.02. The van der Waals surface area contributed by atoms with Crippen molar-refractivity contribution in [2.24, 2.45) is 0 Å². The molecule has 2 aromatic carbocycles. The van der Waals surface area contributed by atoms with Crippen LogP contribution in [0.15, 0.2) is 73.2 Å². The summed E-state index contributed by atoms with van der Waals surface area (Å²) in [7, 11) is 0. The lowest BCUT2D eigenvalue weighted by atomic mass is 9.96. The summed E-state index contributed by atoms with van der Waals surface area (Å²) in [5.74, 6) is -0.0756. The van der Waals surface area contributed by atoms with Crippen LogP contribution in [-0.2, 0) is 4.79 Å². The SMILES string of the molecule is O=C(CC(=CO)c1ccccc1)CC(=CO)c1ccccc1. The first-order chi connectivity index (χ1) is 10.7. The lowest BCUT2D eigenvalue weighted by molar-refractivity contribution is -0.117. The Morgan fingerprint density at radius 2 is 1.09 bits per heavy atom. The molecule has 0 unspecified atom stereocenters. The summed E-state index contributed by atoms with van der Waals surface area (Å²) in [6.07, 6.45) is 2.17. The maximum absolute atomic E-state index is 12.2. The van der Waals surface area contributed by atoms with E-state index in [2.05, 4.69) is 0 Å². The molecule has 0 atom stereocenters. The molecule has 0 amide bonds. The summed E-state index contributed by atoms with van der Waals surface area (Å²) in [6.45, 7) is 0. The van der Waals surface area contributed by atoms with Crippen LogP contribution in [0.1, 0.15) is 24.0 Å². The molecule has 0 aliphatic carbocycles. The van der Waals surface area contributed by atoms with Gasteiger partial charge in [-0.15, -0.1) is 0 Å². The molecule has 0 saturated heterocycles. The van der Waals surface area contributed by atoms with Crippen LogP contribution >= 0.6 is 0 Å². The van der Waals surface area contributed by atoms with Gasteiger partial charge < -0.3 is 10.2 Å². The number of ketones is 1. The predicted octanol–water partition coefficient (Wildman–Crippen LogP) is 4.53. The summed E-state index contributed by atoms with van der Waals surface area (Å²) in [4.78, 5) is 12.2. The van der Waals surface area contributed by atoms with Gasteiger partial charge in [0.25, 0.3) is 0 Å². The molecule has 2 rings (SSSR count). The van der Waals surface area contributed by atoms with Gasteiger partial charge in [0, 0.05) is 24.0 Å². The van der Waals surface area contributed by atoms with Gasteiger partial charge in [-0.25, -0.2) is 0 Å². The van der Waals surface area contributed by atoms with E-state index in [0.717, 1.165) is 23.7 Å². The average Bonchev–Trinajstić information content (AvgIpc) is 2.59. The van der Waals surface area contributed by atoms with Gasteiger partial charge in [-0.1, -0.05) is 60.7 Å². The predicted molar refractivity (Wildman–Crippen MR) is 88.3 cm³/mol. The number of Topliss-reactive ketones (excluding diaryl/α,β-unsaturated/α-hetero) is 1. The van der Waals surface area contributed by atoms with E-state index in [9.17, 15) is 15.0 Å². The Bertz CT molecular complexity index is 611. The van der Waals surface area contributed by atoms with Gasteiger partial charge in [0.05, 0.1) is 12.5 Å². The average molecular weight is 294 g/mol. The van der Waals surface area contributed by atoms with Crippen molar-refractivity contribution in [1.82, 2.24) is 0 Å². The van der Waals surface area contributed by atoms with Gasteiger partial charge in [0.15, 0.2) is 0 Å². The van der Waals surface area contributed by atoms with Crippen LogP contribution in [0.3, 0.4) is 0 Å². The fraction of sp³-hybridized carbons (Fsp3) is 0.105. The number of carbonyl (C=O) groups excluding carboxylic acids is 1. The molecule has 2 aromatic rings. The van der Waals surface area contributed by atoms with Gasteiger partial charge >= 0.3 is 0 Å². The first-order valence-electron chi connectivity index (χ1n) is 7.03. The fourth-order valence-corrected chi connectivity index (χ4v) is 2.24. The molecule has 0 aliphatic heterocycles. The van der Waals surface area contributed by atoms with Crippen molar-refractivity contribution in [2.45, 2.75) is 12.8 Å². The van der Waals surface area contributed by atoms with Crippen molar-refractivity contribution in [3.8, 4) is 0 Å². The van der Waals surface area contributed by atoms with Crippen LogP contribution in [0, 0.1) is 0 Å². The van der Waals surface area contributed by atoms with E-state index in [0.29, 0.717) is 11.1 Å². The molecule has 0 radical (unpaired) electrons. The van der Waals surface area contributed by atoms with E-state index in [4.69, 9.17) is 0 Å². The summed E-state index contributed by atoms with van der Waals surface area (Å²) in [5, 5.41) is 18.7. The maximum atomic E-state index is 12.2. The number of rotatable bonds is 6. The highest BCUT2D eigenvalue weighted by Crippen LogP contribution is 2.23. The number of aliphatic hydroxyl groups excluding tert-OH is 2. The second-order valence-electron chi connectivity index (χ2n) is 4.93. The molecule has 0 spiro atoms. The Morgan fingerprint density at radius 3 is 1.41 bits per heavy atom. The molecule has 0 heterocycles. The van der Waals surface area contributed by atoms with Gasteiger partial charge in [-0.2, -0.15) is 0 Å². The van der Waals surface area contributed by atoms with E-state index in [1.54, 1.807) is 0 Å². The minimum Gasteiger partial charge on any atom is -0.515 e. The van der Waals surface area contributed by atoms with Crippen LogP contribution in [0.4, 0.5) is 0 Å². The number of benzene rings is 2. The number of aliphatic hydroxyl groups is 2. The van der Waals surface area contributed by atoms with E-state index in [1.165, 1.54) is 0 Å². The molecular formula is C19H18O3. The van der Waals surface area contributed by atoms with Gasteiger partial charge in [-0.05, 0) is 11.1 Å². The van der Waals surface area contributed by atoms with Crippen LogP contribution in [0.25, 0.3) is 11.1 Å². The van der Waals surface area contributed by atoms with Crippen LogP contribution < -0.4 is 0 Å². The van der Waals surface area contributed by atoms with E-state index >= 15 is 0 Å². The quantitative estimate of drug-likeness (QED) is 0.769. The van der Waals surface area contributed by atoms with Gasteiger partial charge in [-0.3, -0.25) is 4.79 Å². The normalized spacial score (nSPS) is 12.2. The smallest absolute Gasteiger partial charge is 0.141 e. The van der Waals surface area contributed by atoms with E-state index in [1.807, 2.05) is 60.7 Å². The van der Waals surface area contributed by atoms with Crippen LogP contribution in [-0.4, -0.2) is 16.0 Å². The van der Waals surface area contributed by atoms with Crippen molar-refractivity contribution >= 4 is 16.9 Å². The molecular weight excluding hydrogens is 276 g/mol. The summed E-state index contributed by atoms with van der Waals surface area (Å²) in [5.41, 5.74) is 2.76. The first kappa shape index (κ1) is 15.6. The van der Waals surface area contributed by atoms with Gasteiger partial charge in [0.1, 0.15) is 5.78 Å². The largest absolute Gasteiger partial charge is 0.515 e. The van der Waals surface area contributed by atoms with Crippen LogP contribution in [0.5, 0.6) is 0 Å². The molecule has 0 bridgehead atoms. The third-order valence-electron chi connectivity index (χ3n) is 3.38. The Morgan fingerprint density at radius 1 is 0.727 bits per heavy atom. The van der Waals surface area contributed by atoms with Crippen molar-refractivity contribution < 1.29 is 15.0 Å². The second-order valence-corrected chi connectivity index (χ2v) is 4.93. The van der Waals surface area contributed by atoms with Crippen molar-refractivity contribution in [2.75, 3.05) is 0 Å². The highest BCUT2D eigenvalue weighted by molar-refractivity contribution is 5.96. The zero-order valence-electron chi connectivity index (χ0n) is 12.1. The molecule has 3 nitrogen and oxygen atoms in total. The standard InChI is InChI=1S/C19H18O3/c20-13-17(15-7-3-1-4-8-15)11-19(22)12-18(14-21)16-9-5-2-6-10-16/h1-10,13-14,20-21H,11-12H2. The monoisotopic (exact) mass is 294 g/mol. The zero-order chi connectivity index (χ0) is 15.8. The highest BCUT2D eigenvalue weighted by atomic mass is 16.2. The number of hydrogen-bond donors (Lipinski definition) is 2. The Balaban J connectivity index is 2.06. The molecule has 0 fully saturated rings. The first-order valence-corrected chi connectivity index (χ1v) is 7.03. The Labute approximate surface area is 129 Å². The van der Waals surface area contributed by atoms with Crippen molar-refractivity contribution in [3.05, 3.63) is 84.3 Å². The topological polar surface area (TPSA) is 57.5 Å². The Hall–Kier alpha value is -2.81. The summed E-state index contributed by atoms with van der Waals surface area (Å²) in [6, 6.07) is 18.5. The molecule has 3 heteroatoms. The minimum absolute atomic E-state index is 0.0756. The van der Waals surface area contributed by atoms with Crippen molar-refractivity contribution in [3.63, 3.8) is 0 Å². The number of carbonyl (C=O) groups is 1. The molecule has 0 saturated carbocycles. The molecule has 2 N–H and O–H groups in total. The van der Waals surface area contributed by atoms with E-state index in [-0.39, 0.29) is 18.6 Å². The third kappa shape index (κ3) is 4.09. The number of hydrogen-bond acceptors (Lipinski definition) is 3. The molecule has 0 aromatic heterocycles. The second kappa shape index (κ2) is 7.84. The van der Waals surface area contributed by atoms with Gasteiger partial charge in [0.2, 0.25) is 0 Å². The summed E-state index contributed by atoms with van der Waals surface area (Å²) < 4.78 is 0. The lowest BCUT2D eigenvalue weighted by Gasteiger charge is -2.08. The third-order valence-corrected chi connectivity index (χ3v) is 3.38.